The van der Waals surface area contributed by atoms with Crippen molar-refractivity contribution in [2.45, 2.75) is 26.9 Å². The Morgan fingerprint density at radius 3 is 2.48 bits per heavy atom. The van der Waals surface area contributed by atoms with Crippen LogP contribution in [-0.2, 0) is 16.1 Å². The summed E-state index contributed by atoms with van der Waals surface area (Å²) in [7, 11) is 0. The number of esters is 1. The van der Waals surface area contributed by atoms with Crippen LogP contribution in [0.25, 0.3) is 0 Å². The molecule has 2 aromatic rings. The van der Waals surface area contributed by atoms with E-state index in [1.54, 1.807) is 6.92 Å². The Bertz CT molecular complexity index is 665. The van der Waals surface area contributed by atoms with Gasteiger partial charge >= 0.3 is 5.97 Å². The number of benzene rings is 2. The molecule has 120 valence electrons. The van der Waals surface area contributed by atoms with Crippen molar-refractivity contribution in [2.24, 2.45) is 4.99 Å². The van der Waals surface area contributed by atoms with E-state index in [1.165, 1.54) is 0 Å². The zero-order valence-electron chi connectivity index (χ0n) is 13.5. The van der Waals surface area contributed by atoms with Crippen molar-refractivity contribution in [3.05, 3.63) is 60.2 Å². The fourth-order valence-electron chi connectivity index (χ4n) is 2.07. The van der Waals surface area contributed by atoms with E-state index < -0.39 is 0 Å². The van der Waals surface area contributed by atoms with Crippen molar-refractivity contribution < 1.29 is 14.3 Å². The Labute approximate surface area is 136 Å². The Kier molecular flexibility index (Phi) is 6.36. The lowest BCUT2D eigenvalue weighted by molar-refractivity contribution is -0.141. The van der Waals surface area contributed by atoms with Gasteiger partial charge in [0.2, 0.25) is 0 Å². The summed E-state index contributed by atoms with van der Waals surface area (Å²) in [6.07, 6.45) is 0.181. The zero-order valence-corrected chi connectivity index (χ0v) is 13.5. The van der Waals surface area contributed by atoms with Crippen molar-refractivity contribution in [2.75, 3.05) is 6.61 Å². The molecule has 0 unspecified atom stereocenters. The van der Waals surface area contributed by atoms with Crippen LogP contribution in [0.4, 0.5) is 5.69 Å². The van der Waals surface area contributed by atoms with Crippen LogP contribution in [0.3, 0.4) is 0 Å². The van der Waals surface area contributed by atoms with Crippen molar-refractivity contribution >= 4 is 17.4 Å². The third-order valence-corrected chi connectivity index (χ3v) is 3.12. The van der Waals surface area contributed by atoms with E-state index in [4.69, 9.17) is 9.47 Å². The Balaban J connectivity index is 2.06. The predicted molar refractivity (Wildman–Crippen MR) is 91.2 cm³/mol. The fourth-order valence-corrected chi connectivity index (χ4v) is 2.07. The summed E-state index contributed by atoms with van der Waals surface area (Å²) in [5, 5.41) is 0. The van der Waals surface area contributed by atoms with Gasteiger partial charge in [-0.25, -0.2) is 0 Å². The Morgan fingerprint density at radius 2 is 1.74 bits per heavy atom. The van der Waals surface area contributed by atoms with Gasteiger partial charge in [0.05, 0.1) is 13.0 Å². The normalized spacial score (nSPS) is 11.1. The average Bonchev–Trinajstić information content (AvgIpc) is 2.55. The largest absolute Gasteiger partial charge is 0.487 e. The van der Waals surface area contributed by atoms with Crippen molar-refractivity contribution in [1.29, 1.82) is 0 Å². The number of rotatable bonds is 7. The van der Waals surface area contributed by atoms with Gasteiger partial charge in [0.15, 0.2) is 0 Å². The zero-order chi connectivity index (χ0) is 16.5. The van der Waals surface area contributed by atoms with Crippen molar-refractivity contribution in [1.82, 2.24) is 0 Å². The maximum absolute atomic E-state index is 11.5. The summed E-state index contributed by atoms with van der Waals surface area (Å²) < 4.78 is 10.8. The van der Waals surface area contributed by atoms with E-state index >= 15 is 0 Å². The van der Waals surface area contributed by atoms with Crippen LogP contribution in [0.1, 0.15) is 25.8 Å². The molecule has 0 aliphatic carbocycles. The highest BCUT2D eigenvalue weighted by Crippen LogP contribution is 2.28. The molecule has 4 nitrogen and oxygen atoms in total. The maximum atomic E-state index is 11.5. The number of carbonyl (C=O) groups is 1. The number of ether oxygens (including phenoxy) is 2. The summed E-state index contributed by atoms with van der Waals surface area (Å²) >= 11 is 0. The van der Waals surface area contributed by atoms with E-state index in [1.807, 2.05) is 61.5 Å². The summed E-state index contributed by atoms with van der Waals surface area (Å²) in [5.41, 5.74) is 2.50. The molecule has 0 amide bonds. The van der Waals surface area contributed by atoms with E-state index in [0.29, 0.717) is 30.4 Å². The first kappa shape index (κ1) is 16.7. The van der Waals surface area contributed by atoms with Crippen LogP contribution in [0.2, 0.25) is 0 Å². The molecule has 0 bridgehead atoms. The lowest BCUT2D eigenvalue weighted by Gasteiger charge is -2.09. The van der Waals surface area contributed by atoms with Gasteiger partial charge in [-0.2, -0.15) is 0 Å². The summed E-state index contributed by atoms with van der Waals surface area (Å²) in [5.74, 6) is 0.427. The third kappa shape index (κ3) is 5.58. The van der Waals surface area contributed by atoms with Crippen molar-refractivity contribution in [3.63, 3.8) is 0 Å². The van der Waals surface area contributed by atoms with Crippen molar-refractivity contribution in [3.8, 4) is 5.75 Å². The fraction of sp³-hybridized carbons (Fsp3) is 0.263. The lowest BCUT2D eigenvalue weighted by Crippen LogP contribution is -2.08. The number of carbonyl (C=O) groups excluding carboxylic acids is 1. The van der Waals surface area contributed by atoms with E-state index in [-0.39, 0.29) is 12.4 Å². The molecule has 0 aliphatic rings. The number of nitrogens with zero attached hydrogens (tertiary/aromatic N) is 1. The van der Waals surface area contributed by atoms with Gasteiger partial charge in [-0.15, -0.1) is 0 Å². The van der Waals surface area contributed by atoms with Crippen LogP contribution >= 0.6 is 0 Å². The molecular weight excluding hydrogens is 290 g/mol. The maximum Gasteiger partial charge on any atom is 0.311 e. The molecule has 0 aromatic heterocycles. The molecule has 0 saturated carbocycles. The average molecular weight is 311 g/mol. The molecule has 0 radical (unpaired) electrons. The topological polar surface area (TPSA) is 47.9 Å². The lowest BCUT2D eigenvalue weighted by atomic mass is 10.2. The molecule has 0 fully saturated rings. The molecule has 23 heavy (non-hydrogen) atoms. The van der Waals surface area contributed by atoms with Gasteiger partial charge in [-0.05, 0) is 31.5 Å². The molecule has 0 spiro atoms. The van der Waals surface area contributed by atoms with Crippen LogP contribution in [0, 0.1) is 0 Å². The first-order valence-electron chi connectivity index (χ1n) is 7.64. The quantitative estimate of drug-likeness (QED) is 0.565. The molecule has 0 N–H and O–H groups in total. The molecule has 0 aliphatic heterocycles. The third-order valence-electron chi connectivity index (χ3n) is 3.12. The SMILES string of the molecule is CCOC(=O)CC(C)=Nc1ccccc1OCc1ccccc1. The molecule has 4 heteroatoms. The second kappa shape index (κ2) is 8.73. The molecule has 0 saturated heterocycles. The highest BCUT2D eigenvalue weighted by Gasteiger charge is 2.07. The minimum atomic E-state index is -0.267. The molecule has 2 aromatic carbocycles. The highest BCUT2D eigenvalue weighted by atomic mass is 16.5. The molecule has 2 rings (SSSR count). The minimum absolute atomic E-state index is 0.181. The second-order valence-electron chi connectivity index (χ2n) is 5.07. The first-order chi connectivity index (χ1) is 11.2. The predicted octanol–water partition coefficient (Wildman–Crippen LogP) is 4.31. The van der Waals surface area contributed by atoms with Gasteiger partial charge in [0.1, 0.15) is 18.0 Å². The van der Waals surface area contributed by atoms with E-state index in [9.17, 15) is 4.79 Å². The number of hydrogen-bond donors (Lipinski definition) is 0. The Hall–Kier alpha value is -2.62. The van der Waals surface area contributed by atoms with Crippen LogP contribution in [0.15, 0.2) is 59.6 Å². The summed E-state index contributed by atoms with van der Waals surface area (Å²) in [6.45, 7) is 4.45. The molecular formula is C19H21NO3. The van der Waals surface area contributed by atoms with Gasteiger partial charge in [-0.3, -0.25) is 9.79 Å². The van der Waals surface area contributed by atoms with Crippen LogP contribution in [0.5, 0.6) is 5.75 Å². The highest BCUT2D eigenvalue weighted by molar-refractivity contribution is 5.98. The van der Waals surface area contributed by atoms with Gasteiger partial charge in [0.25, 0.3) is 0 Å². The standard InChI is InChI=1S/C19H21NO3/c1-3-22-19(21)13-15(2)20-17-11-7-8-12-18(17)23-14-16-9-5-4-6-10-16/h4-12H,3,13-14H2,1-2H3. The summed E-state index contributed by atoms with van der Waals surface area (Å²) in [4.78, 5) is 16.0. The second-order valence-corrected chi connectivity index (χ2v) is 5.07. The number of aliphatic imine (C=N–C) groups is 1. The number of para-hydroxylation sites is 2. The van der Waals surface area contributed by atoms with Crippen LogP contribution < -0.4 is 4.74 Å². The smallest absolute Gasteiger partial charge is 0.311 e. The van der Waals surface area contributed by atoms with E-state index in [0.717, 1.165) is 5.56 Å². The molecule has 0 atom stereocenters. The monoisotopic (exact) mass is 311 g/mol. The Morgan fingerprint density at radius 1 is 1.04 bits per heavy atom. The first-order valence-corrected chi connectivity index (χ1v) is 7.64. The molecule has 0 heterocycles. The van der Waals surface area contributed by atoms with E-state index in [2.05, 4.69) is 4.99 Å². The minimum Gasteiger partial charge on any atom is -0.487 e. The summed E-state index contributed by atoms with van der Waals surface area (Å²) in [6, 6.07) is 17.5. The van der Waals surface area contributed by atoms with Gasteiger partial charge in [-0.1, -0.05) is 42.5 Å². The van der Waals surface area contributed by atoms with Gasteiger partial charge in [0, 0.05) is 5.71 Å². The van der Waals surface area contributed by atoms with Gasteiger partial charge < -0.3 is 9.47 Å². The number of hydrogen-bond acceptors (Lipinski definition) is 4. The van der Waals surface area contributed by atoms with Crippen LogP contribution in [-0.4, -0.2) is 18.3 Å².